The highest BCUT2D eigenvalue weighted by molar-refractivity contribution is 5.20. The predicted octanol–water partition coefficient (Wildman–Crippen LogP) is 3.10. The van der Waals surface area contributed by atoms with Crippen LogP contribution in [0.5, 0.6) is 0 Å². The number of rotatable bonds is 6. The zero-order chi connectivity index (χ0) is 13.9. The smallest absolute Gasteiger partial charge is 0.330 e. The molecule has 5 heteroatoms. The molecule has 2 rings (SSSR count). The van der Waals surface area contributed by atoms with E-state index in [-0.39, 0.29) is 12.1 Å². The van der Waals surface area contributed by atoms with E-state index < -0.39 is 12.7 Å². The van der Waals surface area contributed by atoms with Gasteiger partial charge in [0.25, 0.3) is 0 Å². The van der Waals surface area contributed by atoms with Gasteiger partial charge in [0.2, 0.25) is 0 Å². The molecule has 2 nitrogen and oxygen atoms in total. The molecule has 0 bridgehead atoms. The number of nitrogens with two attached hydrogens (primary N) is 1. The van der Waals surface area contributed by atoms with Gasteiger partial charge in [-0.1, -0.05) is 30.3 Å². The minimum atomic E-state index is -4.16. The maximum atomic E-state index is 12.7. The summed E-state index contributed by atoms with van der Waals surface area (Å²) in [6.07, 6.45) is -1.91. The molecule has 0 amide bonds. The molecule has 106 valence electrons. The summed E-state index contributed by atoms with van der Waals surface area (Å²) in [5.74, 6) is 0. The maximum Gasteiger partial charge on any atom is 0.401 e. The molecule has 0 radical (unpaired) electrons. The van der Waals surface area contributed by atoms with E-state index in [1.165, 1.54) is 0 Å². The molecule has 0 spiro atoms. The van der Waals surface area contributed by atoms with Crippen LogP contribution in [0.1, 0.15) is 30.9 Å². The van der Waals surface area contributed by atoms with Crippen LogP contribution in [0.4, 0.5) is 13.2 Å². The highest BCUT2D eigenvalue weighted by Gasteiger charge is 2.41. The lowest BCUT2D eigenvalue weighted by Crippen LogP contribution is -2.39. The van der Waals surface area contributed by atoms with E-state index in [4.69, 9.17) is 5.73 Å². The quantitative estimate of drug-likeness (QED) is 0.862. The zero-order valence-corrected chi connectivity index (χ0v) is 10.7. The minimum Gasteiger partial charge on any atom is -0.330 e. The molecule has 0 saturated heterocycles. The fraction of sp³-hybridized carbons (Fsp3) is 0.571. The fourth-order valence-corrected chi connectivity index (χ4v) is 2.46. The van der Waals surface area contributed by atoms with E-state index in [1.54, 1.807) is 4.90 Å². The van der Waals surface area contributed by atoms with Gasteiger partial charge in [-0.15, -0.1) is 0 Å². The van der Waals surface area contributed by atoms with Gasteiger partial charge in [-0.25, -0.2) is 0 Å². The van der Waals surface area contributed by atoms with Gasteiger partial charge < -0.3 is 5.73 Å². The Labute approximate surface area is 111 Å². The molecule has 0 aromatic heterocycles. The van der Waals surface area contributed by atoms with Crippen LogP contribution in [-0.4, -0.2) is 30.2 Å². The lowest BCUT2D eigenvalue weighted by atomic mass is 10.0. The first-order chi connectivity index (χ1) is 9.01. The van der Waals surface area contributed by atoms with Crippen molar-refractivity contribution in [3.05, 3.63) is 35.9 Å². The molecular weight excluding hydrogens is 253 g/mol. The van der Waals surface area contributed by atoms with Crippen molar-refractivity contribution in [2.75, 3.05) is 13.1 Å². The molecule has 19 heavy (non-hydrogen) atoms. The molecule has 1 aliphatic rings. The molecule has 2 N–H and O–H groups in total. The Morgan fingerprint density at radius 1 is 1.21 bits per heavy atom. The van der Waals surface area contributed by atoms with Gasteiger partial charge in [0.1, 0.15) is 0 Å². The first-order valence-corrected chi connectivity index (χ1v) is 6.59. The van der Waals surface area contributed by atoms with Crippen molar-refractivity contribution >= 4 is 0 Å². The maximum absolute atomic E-state index is 12.7. The number of halogens is 3. The van der Waals surface area contributed by atoms with Crippen molar-refractivity contribution in [3.63, 3.8) is 0 Å². The van der Waals surface area contributed by atoms with E-state index >= 15 is 0 Å². The monoisotopic (exact) mass is 272 g/mol. The van der Waals surface area contributed by atoms with Crippen LogP contribution in [0.15, 0.2) is 30.3 Å². The van der Waals surface area contributed by atoms with Gasteiger partial charge in [-0.3, -0.25) is 4.90 Å². The summed E-state index contributed by atoms with van der Waals surface area (Å²) >= 11 is 0. The summed E-state index contributed by atoms with van der Waals surface area (Å²) in [4.78, 5) is 1.57. The second-order valence-electron chi connectivity index (χ2n) is 5.02. The average Bonchev–Trinajstić information content (AvgIpc) is 3.17. The van der Waals surface area contributed by atoms with Crippen molar-refractivity contribution in [1.82, 2.24) is 4.90 Å². The Kier molecular flexibility index (Phi) is 4.47. The van der Waals surface area contributed by atoms with Crippen molar-refractivity contribution in [3.8, 4) is 0 Å². The molecule has 0 aliphatic heterocycles. The third-order valence-corrected chi connectivity index (χ3v) is 3.40. The van der Waals surface area contributed by atoms with Crippen LogP contribution in [0.25, 0.3) is 0 Å². The lowest BCUT2D eigenvalue weighted by molar-refractivity contribution is -0.153. The Hall–Kier alpha value is -1.07. The van der Waals surface area contributed by atoms with Crippen molar-refractivity contribution in [1.29, 1.82) is 0 Å². The van der Waals surface area contributed by atoms with Crippen LogP contribution in [0.3, 0.4) is 0 Å². The molecule has 1 unspecified atom stereocenters. The Morgan fingerprint density at radius 2 is 1.84 bits per heavy atom. The van der Waals surface area contributed by atoms with Gasteiger partial charge in [-0.05, 0) is 31.4 Å². The molecule has 1 saturated carbocycles. The van der Waals surface area contributed by atoms with Gasteiger partial charge in [-0.2, -0.15) is 13.2 Å². The first kappa shape index (κ1) is 14.3. The summed E-state index contributed by atoms with van der Waals surface area (Å²) < 4.78 is 38.2. The van der Waals surface area contributed by atoms with Crippen LogP contribution < -0.4 is 5.73 Å². The second-order valence-corrected chi connectivity index (χ2v) is 5.02. The molecular formula is C14H19F3N2. The summed E-state index contributed by atoms with van der Waals surface area (Å²) in [5.41, 5.74) is 6.50. The second kappa shape index (κ2) is 5.92. The number of hydrogen-bond acceptors (Lipinski definition) is 2. The summed E-state index contributed by atoms with van der Waals surface area (Å²) in [5, 5.41) is 0. The van der Waals surface area contributed by atoms with Crippen LogP contribution in [0.2, 0.25) is 0 Å². The lowest BCUT2D eigenvalue weighted by Gasteiger charge is -2.32. The van der Waals surface area contributed by atoms with E-state index in [9.17, 15) is 13.2 Å². The third kappa shape index (κ3) is 4.21. The Balaban J connectivity index is 2.19. The largest absolute Gasteiger partial charge is 0.401 e. The molecule has 1 aliphatic carbocycles. The van der Waals surface area contributed by atoms with Crippen molar-refractivity contribution < 1.29 is 13.2 Å². The fourth-order valence-electron chi connectivity index (χ4n) is 2.46. The van der Waals surface area contributed by atoms with Gasteiger partial charge in [0, 0.05) is 12.1 Å². The number of benzene rings is 1. The molecule has 1 aromatic rings. The number of hydrogen-bond donors (Lipinski definition) is 1. The molecule has 0 heterocycles. The van der Waals surface area contributed by atoms with E-state index in [0.717, 1.165) is 18.4 Å². The highest BCUT2D eigenvalue weighted by Crippen LogP contribution is 2.38. The van der Waals surface area contributed by atoms with Gasteiger partial charge in [0.15, 0.2) is 0 Å². The SMILES string of the molecule is NCCC(c1ccccc1)N(CC(F)(F)F)C1CC1. The summed E-state index contributed by atoms with van der Waals surface area (Å²) in [6.45, 7) is -0.460. The Bertz CT molecular complexity index is 387. The standard InChI is InChI=1S/C14H19F3N2/c15-14(16,17)10-19(12-6-7-12)13(8-9-18)11-4-2-1-3-5-11/h1-5,12-13H,6-10,18H2. The Morgan fingerprint density at radius 3 is 2.32 bits per heavy atom. The van der Waals surface area contributed by atoms with Gasteiger partial charge in [0.05, 0.1) is 6.54 Å². The van der Waals surface area contributed by atoms with Crippen molar-refractivity contribution in [2.24, 2.45) is 5.73 Å². The normalized spacial score (nSPS) is 17.7. The van der Waals surface area contributed by atoms with E-state index in [1.807, 2.05) is 30.3 Å². The highest BCUT2D eigenvalue weighted by atomic mass is 19.4. The third-order valence-electron chi connectivity index (χ3n) is 3.40. The van der Waals surface area contributed by atoms with E-state index in [0.29, 0.717) is 13.0 Å². The van der Waals surface area contributed by atoms with Crippen LogP contribution in [-0.2, 0) is 0 Å². The number of alkyl halides is 3. The van der Waals surface area contributed by atoms with E-state index in [2.05, 4.69) is 0 Å². The summed E-state index contributed by atoms with van der Waals surface area (Å²) in [6, 6.07) is 9.17. The topological polar surface area (TPSA) is 29.3 Å². The summed E-state index contributed by atoms with van der Waals surface area (Å²) in [7, 11) is 0. The van der Waals surface area contributed by atoms with Crippen molar-refractivity contribution in [2.45, 2.75) is 37.5 Å². The molecule has 1 aromatic carbocycles. The molecule has 1 fully saturated rings. The first-order valence-electron chi connectivity index (χ1n) is 6.59. The molecule has 1 atom stereocenters. The number of nitrogens with zero attached hydrogens (tertiary/aromatic N) is 1. The minimum absolute atomic E-state index is 0.0541. The van der Waals surface area contributed by atoms with Crippen LogP contribution >= 0.6 is 0 Å². The zero-order valence-electron chi connectivity index (χ0n) is 10.7. The predicted molar refractivity (Wildman–Crippen MR) is 68.6 cm³/mol. The van der Waals surface area contributed by atoms with Crippen LogP contribution in [0, 0.1) is 0 Å². The van der Waals surface area contributed by atoms with Gasteiger partial charge >= 0.3 is 6.18 Å². The average molecular weight is 272 g/mol.